The van der Waals surface area contributed by atoms with Crippen LogP contribution in [-0.2, 0) is 14.8 Å². The summed E-state index contributed by atoms with van der Waals surface area (Å²) in [5.41, 5.74) is -0.0623. The normalized spacial score (nSPS) is 20.8. The van der Waals surface area contributed by atoms with E-state index in [0.29, 0.717) is 17.7 Å². The number of benzene rings is 1. The number of nitrogens with zero attached hydrogens (tertiary/aromatic N) is 1. The van der Waals surface area contributed by atoms with E-state index in [2.05, 4.69) is 15.9 Å². The Morgan fingerprint density at radius 1 is 1.50 bits per heavy atom. The van der Waals surface area contributed by atoms with Crippen LogP contribution in [0.3, 0.4) is 0 Å². The predicted octanol–water partition coefficient (Wildman–Crippen LogP) is 1.56. The highest BCUT2D eigenvalue weighted by Crippen LogP contribution is 2.28. The van der Waals surface area contributed by atoms with Gasteiger partial charge in [-0.25, -0.2) is 13.2 Å². The number of rotatable bonds is 3. The van der Waals surface area contributed by atoms with E-state index in [-0.39, 0.29) is 23.0 Å². The lowest BCUT2D eigenvalue weighted by Gasteiger charge is -2.32. The lowest BCUT2D eigenvalue weighted by Crippen LogP contribution is -2.47. The Morgan fingerprint density at radius 2 is 2.20 bits per heavy atom. The number of halogens is 1. The Kier molecular flexibility index (Phi) is 4.48. The molecule has 1 aliphatic heterocycles. The maximum absolute atomic E-state index is 12.6. The van der Waals surface area contributed by atoms with Gasteiger partial charge in [0.25, 0.3) is 0 Å². The van der Waals surface area contributed by atoms with Crippen LogP contribution in [-0.4, -0.2) is 49.6 Å². The largest absolute Gasteiger partial charge is 0.478 e. The summed E-state index contributed by atoms with van der Waals surface area (Å²) in [7, 11) is -3.75. The van der Waals surface area contributed by atoms with Gasteiger partial charge in [0.05, 0.1) is 23.7 Å². The Labute approximate surface area is 125 Å². The summed E-state index contributed by atoms with van der Waals surface area (Å²) in [5, 5.41) is 8.98. The Morgan fingerprint density at radius 3 is 2.80 bits per heavy atom. The predicted molar refractivity (Wildman–Crippen MR) is 75.3 cm³/mol. The summed E-state index contributed by atoms with van der Waals surface area (Å²) in [6, 6.07) is 3.67. The van der Waals surface area contributed by atoms with Crippen molar-refractivity contribution in [3.05, 3.63) is 28.2 Å². The molecule has 0 aromatic heterocycles. The van der Waals surface area contributed by atoms with Crippen LogP contribution < -0.4 is 0 Å². The standard InChI is InChI=1S/C12H14BrNO5S/c1-8-7-19-5-4-14(8)20(17,18)11-6-9(12(15)16)2-3-10(11)13/h2-3,6,8H,4-5,7H2,1H3,(H,15,16). The third kappa shape index (κ3) is 2.88. The minimum atomic E-state index is -3.75. The number of morpholine rings is 1. The number of carboxylic acids is 1. The number of ether oxygens (including phenoxy) is 1. The monoisotopic (exact) mass is 363 g/mol. The fraction of sp³-hybridized carbons (Fsp3) is 0.417. The van der Waals surface area contributed by atoms with Crippen molar-refractivity contribution in [1.82, 2.24) is 4.31 Å². The van der Waals surface area contributed by atoms with Gasteiger partial charge in [0.2, 0.25) is 10.0 Å². The number of sulfonamides is 1. The van der Waals surface area contributed by atoms with Crippen LogP contribution in [0, 0.1) is 0 Å². The maximum Gasteiger partial charge on any atom is 0.335 e. The molecule has 0 radical (unpaired) electrons. The molecular formula is C12H14BrNO5S. The van der Waals surface area contributed by atoms with Crippen molar-refractivity contribution < 1.29 is 23.1 Å². The molecule has 6 nitrogen and oxygen atoms in total. The fourth-order valence-electron chi connectivity index (χ4n) is 2.03. The van der Waals surface area contributed by atoms with Gasteiger partial charge in [0, 0.05) is 17.1 Å². The molecule has 1 N–H and O–H groups in total. The first-order valence-electron chi connectivity index (χ1n) is 5.96. The Balaban J connectivity index is 2.48. The van der Waals surface area contributed by atoms with Gasteiger partial charge in [-0.3, -0.25) is 0 Å². The van der Waals surface area contributed by atoms with Gasteiger partial charge in [0.15, 0.2) is 0 Å². The lowest BCUT2D eigenvalue weighted by atomic mass is 10.2. The van der Waals surface area contributed by atoms with Gasteiger partial charge in [-0.1, -0.05) is 0 Å². The second-order valence-corrected chi connectivity index (χ2v) is 7.20. The molecule has 110 valence electrons. The third-order valence-electron chi connectivity index (χ3n) is 3.07. The van der Waals surface area contributed by atoms with Crippen molar-refractivity contribution in [1.29, 1.82) is 0 Å². The van der Waals surface area contributed by atoms with E-state index in [4.69, 9.17) is 9.84 Å². The average Bonchev–Trinajstić information content (AvgIpc) is 2.39. The van der Waals surface area contributed by atoms with Crippen LogP contribution in [0.5, 0.6) is 0 Å². The highest BCUT2D eigenvalue weighted by molar-refractivity contribution is 9.10. The first kappa shape index (κ1) is 15.4. The maximum atomic E-state index is 12.6. The molecule has 8 heteroatoms. The number of carbonyl (C=O) groups is 1. The summed E-state index contributed by atoms with van der Waals surface area (Å²) >= 11 is 3.17. The average molecular weight is 364 g/mol. The first-order valence-corrected chi connectivity index (χ1v) is 8.20. The highest BCUT2D eigenvalue weighted by atomic mass is 79.9. The van der Waals surface area contributed by atoms with Gasteiger partial charge in [0.1, 0.15) is 0 Å². The smallest absolute Gasteiger partial charge is 0.335 e. The number of carboxylic acid groups (broad SMARTS) is 1. The molecule has 0 aliphatic carbocycles. The summed E-state index contributed by atoms with van der Waals surface area (Å²) in [4.78, 5) is 11.0. The van der Waals surface area contributed by atoms with E-state index >= 15 is 0 Å². The minimum absolute atomic E-state index is 0.0360. The topological polar surface area (TPSA) is 83.9 Å². The molecule has 1 aromatic carbocycles. The van der Waals surface area contributed by atoms with E-state index in [9.17, 15) is 13.2 Å². The molecule has 1 fully saturated rings. The van der Waals surface area contributed by atoms with Crippen LogP contribution >= 0.6 is 15.9 Å². The summed E-state index contributed by atoms with van der Waals surface area (Å²) < 4.78 is 32.2. The second-order valence-electron chi connectivity index (χ2n) is 4.49. The fourth-order valence-corrected chi connectivity index (χ4v) is 4.58. The molecule has 1 heterocycles. The summed E-state index contributed by atoms with van der Waals surface area (Å²) in [6.45, 7) is 2.67. The molecule has 1 saturated heterocycles. The van der Waals surface area contributed by atoms with E-state index in [1.54, 1.807) is 6.92 Å². The van der Waals surface area contributed by atoms with Gasteiger partial charge >= 0.3 is 5.97 Å². The summed E-state index contributed by atoms with van der Waals surface area (Å²) in [5.74, 6) is -1.16. The molecule has 2 rings (SSSR count). The van der Waals surface area contributed by atoms with Crippen LogP contribution in [0.1, 0.15) is 17.3 Å². The van der Waals surface area contributed by atoms with Crippen molar-refractivity contribution in [2.45, 2.75) is 17.9 Å². The van der Waals surface area contributed by atoms with Gasteiger partial charge in [-0.15, -0.1) is 0 Å². The third-order valence-corrected chi connectivity index (χ3v) is 6.08. The van der Waals surface area contributed by atoms with Crippen molar-refractivity contribution in [2.24, 2.45) is 0 Å². The van der Waals surface area contributed by atoms with E-state index in [1.807, 2.05) is 0 Å². The van der Waals surface area contributed by atoms with Crippen LogP contribution in [0.4, 0.5) is 0 Å². The zero-order valence-corrected chi connectivity index (χ0v) is 13.1. The summed E-state index contributed by atoms with van der Waals surface area (Å²) in [6.07, 6.45) is 0. The van der Waals surface area contributed by atoms with E-state index in [1.165, 1.54) is 22.5 Å². The quantitative estimate of drug-likeness (QED) is 0.880. The molecule has 0 amide bonds. The second kappa shape index (κ2) is 5.80. The van der Waals surface area contributed by atoms with Crippen molar-refractivity contribution in [3.63, 3.8) is 0 Å². The zero-order chi connectivity index (χ0) is 14.9. The van der Waals surface area contributed by atoms with Crippen LogP contribution in [0.2, 0.25) is 0 Å². The van der Waals surface area contributed by atoms with Crippen molar-refractivity contribution in [2.75, 3.05) is 19.8 Å². The molecular weight excluding hydrogens is 350 g/mol. The SMILES string of the molecule is CC1COCCN1S(=O)(=O)c1cc(C(=O)O)ccc1Br. The van der Waals surface area contributed by atoms with Gasteiger partial charge < -0.3 is 9.84 Å². The van der Waals surface area contributed by atoms with Crippen LogP contribution in [0.15, 0.2) is 27.6 Å². The number of hydrogen-bond acceptors (Lipinski definition) is 4. The molecule has 1 unspecified atom stereocenters. The number of hydrogen-bond donors (Lipinski definition) is 1. The molecule has 0 bridgehead atoms. The molecule has 0 saturated carbocycles. The minimum Gasteiger partial charge on any atom is -0.478 e. The molecule has 20 heavy (non-hydrogen) atoms. The number of aromatic carboxylic acids is 1. The molecule has 1 aliphatic rings. The first-order chi connectivity index (χ1) is 9.34. The van der Waals surface area contributed by atoms with Crippen molar-refractivity contribution >= 4 is 31.9 Å². The Hall–Kier alpha value is -0.960. The van der Waals surface area contributed by atoms with E-state index in [0.717, 1.165) is 0 Å². The Bertz CT molecular complexity index is 631. The van der Waals surface area contributed by atoms with Crippen LogP contribution in [0.25, 0.3) is 0 Å². The van der Waals surface area contributed by atoms with E-state index < -0.39 is 16.0 Å². The highest BCUT2D eigenvalue weighted by Gasteiger charge is 2.33. The molecule has 1 atom stereocenters. The molecule has 0 spiro atoms. The van der Waals surface area contributed by atoms with Gasteiger partial charge in [-0.2, -0.15) is 4.31 Å². The molecule has 1 aromatic rings. The van der Waals surface area contributed by atoms with Gasteiger partial charge in [-0.05, 0) is 41.1 Å². The zero-order valence-electron chi connectivity index (χ0n) is 10.7. The lowest BCUT2D eigenvalue weighted by molar-refractivity contribution is 0.0392. The van der Waals surface area contributed by atoms with Crippen molar-refractivity contribution in [3.8, 4) is 0 Å².